The minimum atomic E-state index is -0.770. The number of fused-ring (bicyclic) bond motifs is 2. The third-order valence-electron chi connectivity index (χ3n) is 6.28. The maximum absolute atomic E-state index is 13.6. The molecule has 0 bridgehead atoms. The van der Waals surface area contributed by atoms with E-state index in [1.807, 2.05) is 54.6 Å². The van der Waals surface area contributed by atoms with E-state index in [-0.39, 0.29) is 35.3 Å². The van der Waals surface area contributed by atoms with E-state index in [9.17, 15) is 20.4 Å². The fourth-order valence-electron chi connectivity index (χ4n) is 4.53. The van der Waals surface area contributed by atoms with Crippen LogP contribution in [0.1, 0.15) is 41.5 Å². The maximum atomic E-state index is 13.6. The van der Waals surface area contributed by atoms with Gasteiger partial charge in [-0.2, -0.15) is 10.5 Å². The Kier molecular flexibility index (Phi) is 8.48. The van der Waals surface area contributed by atoms with Gasteiger partial charge in [-0.15, -0.1) is 0 Å². The molecule has 3 aromatic rings. The smallest absolute Gasteiger partial charge is 0.860 e. The molecule has 35 heavy (non-hydrogen) atoms. The quantitative estimate of drug-likeness (QED) is 0.308. The second kappa shape index (κ2) is 11.3. The van der Waals surface area contributed by atoms with E-state index in [4.69, 9.17) is 0 Å². The van der Waals surface area contributed by atoms with Crippen molar-refractivity contribution in [3.05, 3.63) is 95.8 Å². The van der Waals surface area contributed by atoms with Crippen LogP contribution < -0.4 is 34.7 Å². The average molecular weight is 471 g/mol. The number of hydrogen-bond donors (Lipinski definition) is 0. The van der Waals surface area contributed by atoms with Crippen LogP contribution in [0.25, 0.3) is 16.8 Å². The molecule has 6 nitrogen and oxygen atoms in total. The second-order valence-corrected chi connectivity index (χ2v) is 8.44. The minimum absolute atomic E-state index is 0. The first-order valence-electron chi connectivity index (χ1n) is 11.1. The van der Waals surface area contributed by atoms with Crippen LogP contribution in [0.15, 0.2) is 79.0 Å². The summed E-state index contributed by atoms with van der Waals surface area (Å²) in [5.74, 6) is -2.64. The monoisotopic (exact) mass is 470 g/mol. The molecule has 2 heterocycles. The van der Waals surface area contributed by atoms with Gasteiger partial charge >= 0.3 is 29.6 Å². The van der Waals surface area contributed by atoms with Crippen molar-refractivity contribution in [3.8, 4) is 12.1 Å². The summed E-state index contributed by atoms with van der Waals surface area (Å²) in [5.41, 5.74) is 1.93. The number of carbonyl (C=O) groups excluding carboxylic acids is 1. The molecule has 1 aromatic heterocycles. The number of nitriles is 2. The van der Waals surface area contributed by atoms with Gasteiger partial charge in [-0.25, -0.2) is 0 Å². The number of Topliss-reactive ketones (excluding diaryl/α,β-unsaturated/α-hetero) is 1. The van der Waals surface area contributed by atoms with Gasteiger partial charge in [0.15, 0.2) is 5.78 Å². The van der Waals surface area contributed by atoms with Crippen LogP contribution in [0.4, 0.5) is 0 Å². The third kappa shape index (κ3) is 5.16. The third-order valence-corrected chi connectivity index (χ3v) is 6.28. The molecular formula is C28H23N4NaO2. The van der Waals surface area contributed by atoms with Crippen LogP contribution in [0.3, 0.4) is 0 Å². The Hall–Kier alpha value is -3.42. The molecule has 0 fully saturated rings. The average Bonchev–Trinajstić information content (AvgIpc) is 2.87. The number of ketones is 1. The standard InChI is InChI=1S/C28H24N4O2.Na/c1-18(15-25(33)32-14-12-21-8-3-5-9-22(21)24(32)17-30)26(19(2)16-29)28(34)27-23-10-6-4-7-20(23)11-13-31-27;/h3-15,18-19,24,26,33H,1-2H3;/q;+1/p-1. The number of carbonyl (C=O) groups is 1. The number of rotatable bonds is 6. The van der Waals surface area contributed by atoms with Crippen molar-refractivity contribution in [1.29, 1.82) is 10.5 Å². The molecule has 168 valence electrons. The van der Waals surface area contributed by atoms with Crippen molar-refractivity contribution in [2.45, 2.75) is 19.9 Å². The van der Waals surface area contributed by atoms with Gasteiger partial charge in [0.25, 0.3) is 0 Å². The number of benzene rings is 2. The first-order chi connectivity index (χ1) is 16.5. The van der Waals surface area contributed by atoms with Crippen LogP contribution >= 0.6 is 0 Å². The number of hydrogen-bond acceptors (Lipinski definition) is 6. The molecular weight excluding hydrogens is 447 g/mol. The van der Waals surface area contributed by atoms with E-state index in [0.717, 1.165) is 16.5 Å². The molecule has 7 heteroatoms. The van der Waals surface area contributed by atoms with E-state index in [0.29, 0.717) is 11.1 Å². The van der Waals surface area contributed by atoms with Crippen molar-refractivity contribution in [1.82, 2.24) is 9.88 Å². The van der Waals surface area contributed by atoms with E-state index < -0.39 is 29.7 Å². The Balaban J connectivity index is 0.00000342. The fourth-order valence-corrected chi connectivity index (χ4v) is 4.53. The van der Waals surface area contributed by atoms with Gasteiger partial charge in [0.2, 0.25) is 0 Å². The zero-order chi connectivity index (χ0) is 24.2. The molecule has 0 spiro atoms. The molecule has 0 aliphatic carbocycles. The molecule has 0 saturated heterocycles. The predicted octanol–water partition coefficient (Wildman–Crippen LogP) is 1.59. The van der Waals surface area contributed by atoms with Crippen LogP contribution in [0.2, 0.25) is 0 Å². The molecule has 1 aliphatic heterocycles. The molecule has 4 unspecified atom stereocenters. The maximum Gasteiger partial charge on any atom is 1.00 e. The van der Waals surface area contributed by atoms with Crippen molar-refractivity contribution in [3.63, 3.8) is 0 Å². The largest absolute Gasteiger partial charge is 1.00 e. The predicted molar refractivity (Wildman–Crippen MR) is 127 cm³/mol. The summed E-state index contributed by atoms with van der Waals surface area (Å²) in [6.45, 7) is 3.43. The van der Waals surface area contributed by atoms with Crippen molar-refractivity contribution < 1.29 is 39.5 Å². The Morgan fingerprint density at radius 3 is 2.57 bits per heavy atom. The molecule has 4 atom stereocenters. The summed E-state index contributed by atoms with van der Waals surface area (Å²) in [7, 11) is 0. The summed E-state index contributed by atoms with van der Waals surface area (Å²) in [5, 5.41) is 34.2. The molecule has 0 N–H and O–H groups in total. The summed E-state index contributed by atoms with van der Waals surface area (Å²) in [4.78, 5) is 19.3. The van der Waals surface area contributed by atoms with Gasteiger partial charge in [-0.05, 0) is 47.4 Å². The van der Waals surface area contributed by atoms with Crippen LogP contribution in [-0.4, -0.2) is 15.7 Å². The van der Waals surface area contributed by atoms with Gasteiger partial charge in [-0.3, -0.25) is 9.78 Å². The van der Waals surface area contributed by atoms with E-state index in [1.54, 1.807) is 32.3 Å². The first-order valence-corrected chi connectivity index (χ1v) is 11.1. The number of nitrogens with zero attached hydrogens (tertiary/aromatic N) is 4. The van der Waals surface area contributed by atoms with E-state index >= 15 is 0 Å². The summed E-state index contributed by atoms with van der Waals surface area (Å²) >= 11 is 0. The van der Waals surface area contributed by atoms with Crippen LogP contribution in [0, 0.1) is 40.4 Å². The normalized spacial score (nSPS) is 17.3. The number of aromatic nitrogens is 1. The molecule has 0 amide bonds. The molecule has 1 aliphatic rings. The molecule has 2 aromatic carbocycles. The summed E-state index contributed by atoms with van der Waals surface area (Å²) in [6.07, 6.45) is 6.40. The summed E-state index contributed by atoms with van der Waals surface area (Å²) in [6, 6.07) is 20.3. The number of pyridine rings is 1. The number of allylic oxidation sites excluding steroid dienone is 1. The van der Waals surface area contributed by atoms with Crippen molar-refractivity contribution >= 4 is 22.6 Å². The van der Waals surface area contributed by atoms with Gasteiger partial charge in [0, 0.05) is 23.7 Å². The summed E-state index contributed by atoms with van der Waals surface area (Å²) < 4.78 is 0. The van der Waals surface area contributed by atoms with Gasteiger partial charge in [0.1, 0.15) is 11.7 Å². The Morgan fingerprint density at radius 1 is 1.11 bits per heavy atom. The molecule has 0 radical (unpaired) electrons. The topological polar surface area (TPSA) is 104 Å². The van der Waals surface area contributed by atoms with E-state index in [2.05, 4.69) is 17.1 Å². The zero-order valence-corrected chi connectivity index (χ0v) is 21.9. The molecule has 4 rings (SSSR count). The van der Waals surface area contributed by atoms with Crippen molar-refractivity contribution in [2.24, 2.45) is 17.8 Å². The van der Waals surface area contributed by atoms with Gasteiger partial charge < -0.3 is 10.0 Å². The minimum Gasteiger partial charge on any atom is -0.860 e. The van der Waals surface area contributed by atoms with Crippen LogP contribution in [-0.2, 0) is 0 Å². The first kappa shape index (κ1) is 26.2. The van der Waals surface area contributed by atoms with Crippen LogP contribution in [0.5, 0.6) is 0 Å². The Morgan fingerprint density at radius 2 is 1.83 bits per heavy atom. The van der Waals surface area contributed by atoms with Gasteiger partial charge in [0.05, 0.1) is 18.1 Å². The van der Waals surface area contributed by atoms with E-state index in [1.165, 1.54) is 11.0 Å². The SMILES string of the molecule is CC(C#N)C(C(=O)c1nccc2ccccc12)C(C)C=C([O-])N1C=Cc2ccccc2C1C#N.[Na+]. The van der Waals surface area contributed by atoms with Gasteiger partial charge in [-0.1, -0.05) is 61.5 Å². The fraction of sp³-hybridized carbons (Fsp3) is 0.214. The zero-order valence-electron chi connectivity index (χ0n) is 19.9. The second-order valence-electron chi connectivity index (χ2n) is 8.44. The Bertz CT molecular complexity index is 1380. The Labute approximate surface area is 227 Å². The molecule has 0 saturated carbocycles. The van der Waals surface area contributed by atoms with Crippen molar-refractivity contribution in [2.75, 3.05) is 0 Å².